The van der Waals surface area contributed by atoms with Gasteiger partial charge in [-0.2, -0.15) is 4.98 Å². The molecule has 6 nitrogen and oxygen atoms in total. The maximum Gasteiger partial charge on any atom is 0.400 e. The van der Waals surface area contributed by atoms with Crippen molar-refractivity contribution in [2.75, 3.05) is 11.9 Å². The fourth-order valence-electron chi connectivity index (χ4n) is 3.02. The molecular weight excluding hydrogens is 461 g/mol. The third-order valence-electron chi connectivity index (χ3n) is 4.70. The summed E-state index contributed by atoms with van der Waals surface area (Å²) in [6, 6.07) is 12.3. The van der Waals surface area contributed by atoms with Crippen LogP contribution in [0.1, 0.15) is 6.92 Å². The number of halogens is 4. The van der Waals surface area contributed by atoms with Crippen molar-refractivity contribution in [3.63, 3.8) is 0 Å². The van der Waals surface area contributed by atoms with Gasteiger partial charge in [0.2, 0.25) is 0 Å². The molecule has 0 radical (unpaired) electrons. The zero-order chi connectivity index (χ0) is 23.7. The topological polar surface area (TPSA) is 64.8 Å². The first kappa shape index (κ1) is 22.5. The Labute approximate surface area is 191 Å². The second-order valence-corrected chi connectivity index (χ2v) is 7.48. The van der Waals surface area contributed by atoms with Gasteiger partial charge < -0.3 is 18.8 Å². The fraction of sp³-hybridized carbons (Fsp3) is 0.130. The monoisotopic (exact) mass is 476 g/mol. The number of hydrogen-bond donors (Lipinski definition) is 0. The number of rotatable bonds is 6. The summed E-state index contributed by atoms with van der Waals surface area (Å²) in [5.74, 6) is -3.61. The molecule has 0 fully saturated rings. The molecule has 1 heterocycles. The summed E-state index contributed by atoms with van der Waals surface area (Å²) < 4.78 is 57.2. The van der Waals surface area contributed by atoms with Crippen LogP contribution in [0.25, 0.3) is 11.1 Å². The van der Waals surface area contributed by atoms with Gasteiger partial charge in [0.05, 0.1) is 5.69 Å². The molecule has 1 atom stereocenters. The molecule has 1 aromatic heterocycles. The Morgan fingerprint density at radius 1 is 1.00 bits per heavy atom. The SMILES string of the molecule is C[C@@H](Oc1ccc(Oc2nc3ccc(Cl)cc3o2)cc1)C(=O)N(C)c1cc(F)c(F)cc1F. The molecule has 0 bridgehead atoms. The quantitative estimate of drug-likeness (QED) is 0.314. The second-order valence-electron chi connectivity index (χ2n) is 7.04. The number of benzene rings is 3. The lowest BCUT2D eigenvalue weighted by molar-refractivity contribution is -0.124. The summed E-state index contributed by atoms with van der Waals surface area (Å²) in [5, 5.41) is 0.508. The Morgan fingerprint density at radius 2 is 1.67 bits per heavy atom. The largest absolute Gasteiger partial charge is 0.481 e. The predicted octanol–water partition coefficient (Wildman–Crippen LogP) is 6.12. The first-order valence-corrected chi connectivity index (χ1v) is 10.0. The van der Waals surface area contributed by atoms with Crippen LogP contribution in [-0.4, -0.2) is 24.0 Å². The standard InChI is InChI=1S/C23H16ClF3N2O4/c1-12(22(30)29(2)20-11-17(26)16(25)10-18(20)27)31-14-4-6-15(7-5-14)32-23-28-19-8-3-13(24)9-21(19)33-23/h3-12H,1-2H3/t12-/m1/s1. The molecular formula is C23H16ClF3N2O4. The summed E-state index contributed by atoms with van der Waals surface area (Å²) in [7, 11) is 1.24. The van der Waals surface area contributed by atoms with E-state index < -0.39 is 35.2 Å². The van der Waals surface area contributed by atoms with Crippen LogP contribution in [0, 0.1) is 17.5 Å². The summed E-state index contributed by atoms with van der Waals surface area (Å²) >= 11 is 5.92. The van der Waals surface area contributed by atoms with E-state index in [4.69, 9.17) is 25.5 Å². The minimum absolute atomic E-state index is 0.0275. The number of oxazole rings is 1. The third kappa shape index (κ3) is 4.88. The summed E-state index contributed by atoms with van der Waals surface area (Å²) in [6.45, 7) is 1.45. The number of ether oxygens (including phenoxy) is 2. The van der Waals surface area contributed by atoms with E-state index in [2.05, 4.69) is 4.98 Å². The van der Waals surface area contributed by atoms with Crippen LogP contribution in [0.3, 0.4) is 0 Å². The van der Waals surface area contributed by atoms with Crippen LogP contribution < -0.4 is 14.4 Å². The summed E-state index contributed by atoms with van der Waals surface area (Å²) in [6.07, 6.45) is -1.02. The maximum absolute atomic E-state index is 14.0. The number of amides is 1. The number of carbonyl (C=O) groups is 1. The van der Waals surface area contributed by atoms with Crippen LogP contribution >= 0.6 is 11.6 Å². The van der Waals surface area contributed by atoms with Gasteiger partial charge in [-0.05, 0) is 43.3 Å². The molecule has 4 rings (SSSR count). The van der Waals surface area contributed by atoms with E-state index >= 15 is 0 Å². The van der Waals surface area contributed by atoms with Gasteiger partial charge in [-0.1, -0.05) is 11.6 Å². The van der Waals surface area contributed by atoms with Crippen molar-refractivity contribution < 1.29 is 31.9 Å². The Balaban J connectivity index is 1.41. The highest BCUT2D eigenvalue weighted by Gasteiger charge is 2.24. The molecule has 0 spiro atoms. The average molecular weight is 477 g/mol. The number of carbonyl (C=O) groups excluding carboxylic acids is 1. The molecule has 3 aromatic carbocycles. The first-order chi connectivity index (χ1) is 15.7. The average Bonchev–Trinajstić information content (AvgIpc) is 3.17. The Hall–Kier alpha value is -3.72. The van der Waals surface area contributed by atoms with Crippen molar-refractivity contribution in [1.82, 2.24) is 4.98 Å². The van der Waals surface area contributed by atoms with Crippen LogP contribution in [0.15, 0.2) is 59.0 Å². The van der Waals surface area contributed by atoms with Crippen molar-refractivity contribution in [2.24, 2.45) is 0 Å². The van der Waals surface area contributed by atoms with Gasteiger partial charge in [-0.3, -0.25) is 4.79 Å². The van der Waals surface area contributed by atoms with Gasteiger partial charge in [0.15, 0.2) is 23.3 Å². The van der Waals surface area contributed by atoms with Crippen LogP contribution in [-0.2, 0) is 4.79 Å². The van der Waals surface area contributed by atoms with E-state index in [0.717, 1.165) is 4.90 Å². The van der Waals surface area contributed by atoms with Crippen LogP contribution in [0.2, 0.25) is 5.02 Å². The molecule has 0 saturated carbocycles. The molecule has 4 aromatic rings. The number of fused-ring (bicyclic) bond motifs is 1. The third-order valence-corrected chi connectivity index (χ3v) is 4.94. The van der Waals surface area contributed by atoms with Gasteiger partial charge in [-0.15, -0.1) is 0 Å². The number of likely N-dealkylation sites (N-methyl/N-ethyl adjacent to an activating group) is 1. The fourth-order valence-corrected chi connectivity index (χ4v) is 3.19. The first-order valence-electron chi connectivity index (χ1n) is 9.64. The van der Waals surface area contributed by atoms with Crippen molar-refractivity contribution in [2.45, 2.75) is 13.0 Å². The summed E-state index contributed by atoms with van der Waals surface area (Å²) in [4.78, 5) is 17.6. The van der Waals surface area contributed by atoms with Gasteiger partial charge in [0.25, 0.3) is 5.91 Å². The molecule has 0 aliphatic rings. The zero-order valence-electron chi connectivity index (χ0n) is 17.3. The minimum atomic E-state index is -1.34. The molecule has 0 saturated heterocycles. The molecule has 0 aliphatic heterocycles. The lowest BCUT2D eigenvalue weighted by atomic mass is 10.2. The molecule has 1 amide bonds. The number of anilines is 1. The van der Waals surface area contributed by atoms with Crippen molar-refractivity contribution in [3.05, 3.63) is 77.1 Å². The maximum atomic E-state index is 14.0. The van der Waals surface area contributed by atoms with E-state index in [-0.39, 0.29) is 6.08 Å². The van der Waals surface area contributed by atoms with Crippen molar-refractivity contribution >= 4 is 34.3 Å². The molecule has 0 unspecified atom stereocenters. The predicted molar refractivity (Wildman–Crippen MR) is 115 cm³/mol. The highest BCUT2D eigenvalue weighted by atomic mass is 35.5. The minimum Gasteiger partial charge on any atom is -0.481 e. The highest BCUT2D eigenvalue weighted by molar-refractivity contribution is 6.31. The van der Waals surface area contributed by atoms with E-state index in [9.17, 15) is 18.0 Å². The van der Waals surface area contributed by atoms with Gasteiger partial charge in [-0.25, -0.2) is 13.2 Å². The lowest BCUT2D eigenvalue weighted by Crippen LogP contribution is -2.38. The van der Waals surface area contributed by atoms with Crippen molar-refractivity contribution in [3.8, 4) is 17.6 Å². The van der Waals surface area contributed by atoms with Gasteiger partial charge in [0.1, 0.15) is 22.8 Å². The molecule has 170 valence electrons. The molecule has 33 heavy (non-hydrogen) atoms. The smallest absolute Gasteiger partial charge is 0.400 e. The van der Waals surface area contributed by atoms with Gasteiger partial charge >= 0.3 is 6.08 Å². The Kier molecular flexibility index (Phi) is 6.15. The van der Waals surface area contributed by atoms with E-state index in [1.165, 1.54) is 14.0 Å². The zero-order valence-corrected chi connectivity index (χ0v) is 18.1. The molecule has 0 aliphatic carbocycles. The number of nitrogens with zero attached hydrogens (tertiary/aromatic N) is 2. The normalized spacial score (nSPS) is 11.9. The Morgan fingerprint density at radius 3 is 2.39 bits per heavy atom. The highest BCUT2D eigenvalue weighted by Crippen LogP contribution is 2.29. The van der Waals surface area contributed by atoms with E-state index in [1.54, 1.807) is 42.5 Å². The van der Waals surface area contributed by atoms with Crippen LogP contribution in [0.4, 0.5) is 18.9 Å². The Bertz CT molecular complexity index is 1330. The van der Waals surface area contributed by atoms with E-state index in [1.807, 2.05) is 0 Å². The molecule has 10 heteroatoms. The second kappa shape index (κ2) is 9.03. The number of hydrogen-bond acceptors (Lipinski definition) is 5. The number of aromatic nitrogens is 1. The molecule has 0 N–H and O–H groups in total. The lowest BCUT2D eigenvalue weighted by Gasteiger charge is -2.22. The summed E-state index contributed by atoms with van der Waals surface area (Å²) in [5.41, 5.74) is 0.660. The van der Waals surface area contributed by atoms with Crippen molar-refractivity contribution in [1.29, 1.82) is 0 Å². The van der Waals surface area contributed by atoms with Gasteiger partial charge in [0, 0.05) is 30.3 Å². The van der Waals surface area contributed by atoms with E-state index in [0.29, 0.717) is 39.8 Å². The van der Waals surface area contributed by atoms with Crippen LogP contribution in [0.5, 0.6) is 17.6 Å².